The van der Waals surface area contributed by atoms with Crippen molar-refractivity contribution in [3.63, 3.8) is 0 Å². The first-order chi connectivity index (χ1) is 7.72. The second kappa shape index (κ2) is 11.4. The summed E-state index contributed by atoms with van der Waals surface area (Å²) in [4.78, 5) is 0. The van der Waals surface area contributed by atoms with Gasteiger partial charge in [0.1, 0.15) is 0 Å². The van der Waals surface area contributed by atoms with Crippen LogP contribution in [-0.4, -0.2) is 17.8 Å². The fraction of sp³-hybridized carbons (Fsp3) is 0.929. The zero-order valence-electron chi connectivity index (χ0n) is 11.2. The molecule has 1 atom stereocenters. The molecule has 2 nitrogen and oxygen atoms in total. The lowest BCUT2D eigenvalue weighted by molar-refractivity contribution is 0.189. The molecule has 16 heavy (non-hydrogen) atoms. The van der Waals surface area contributed by atoms with Crippen molar-refractivity contribution < 1.29 is 5.11 Å². The lowest BCUT2D eigenvalue weighted by Crippen LogP contribution is -2.25. The molecule has 0 heterocycles. The van der Waals surface area contributed by atoms with Gasteiger partial charge in [-0.25, -0.2) is 0 Å². The Morgan fingerprint density at radius 3 is 2.00 bits per heavy atom. The Hall–Kier alpha value is -0.0800. The Balaban J connectivity index is 3.14. The molecular weight excluding hydrogens is 198 g/mol. The molecule has 1 radical (unpaired) electrons. The van der Waals surface area contributed by atoms with Gasteiger partial charge in [-0.15, -0.1) is 0 Å². The molecule has 0 rings (SSSR count). The average molecular weight is 228 g/mol. The molecule has 2 heteroatoms. The van der Waals surface area contributed by atoms with Crippen LogP contribution < -0.4 is 5.73 Å². The van der Waals surface area contributed by atoms with Crippen molar-refractivity contribution in [3.8, 4) is 0 Å². The summed E-state index contributed by atoms with van der Waals surface area (Å²) in [7, 11) is 0. The van der Waals surface area contributed by atoms with E-state index in [1.54, 1.807) is 0 Å². The van der Waals surface area contributed by atoms with Crippen LogP contribution >= 0.6 is 0 Å². The number of hydrogen-bond donors (Lipinski definition) is 2. The summed E-state index contributed by atoms with van der Waals surface area (Å²) in [6.45, 7) is 4.63. The van der Waals surface area contributed by atoms with Gasteiger partial charge in [0.15, 0.2) is 0 Å². The summed E-state index contributed by atoms with van der Waals surface area (Å²) >= 11 is 0. The normalized spacial score (nSPS) is 13.3. The van der Waals surface area contributed by atoms with Crippen LogP contribution in [0.15, 0.2) is 0 Å². The molecule has 97 valence electrons. The van der Waals surface area contributed by atoms with Crippen LogP contribution in [0.3, 0.4) is 0 Å². The molecule has 0 bridgehead atoms. The summed E-state index contributed by atoms with van der Waals surface area (Å²) in [5.41, 5.74) is 5.40. The van der Waals surface area contributed by atoms with Gasteiger partial charge in [-0.2, -0.15) is 0 Å². The maximum absolute atomic E-state index is 9.46. The molecule has 0 amide bonds. The Morgan fingerprint density at radius 2 is 1.50 bits per heavy atom. The van der Waals surface area contributed by atoms with Gasteiger partial charge in [0.2, 0.25) is 0 Å². The highest BCUT2D eigenvalue weighted by Gasteiger charge is 2.11. The molecule has 1 unspecified atom stereocenters. The van der Waals surface area contributed by atoms with Crippen LogP contribution in [0.25, 0.3) is 0 Å². The lowest BCUT2D eigenvalue weighted by atomic mass is 9.97. The van der Waals surface area contributed by atoms with Crippen molar-refractivity contribution in [3.05, 3.63) is 5.92 Å². The first kappa shape index (κ1) is 15.9. The van der Waals surface area contributed by atoms with Crippen molar-refractivity contribution in [2.75, 3.05) is 6.54 Å². The number of aliphatic hydroxyl groups excluding tert-OH is 1. The molecule has 0 saturated heterocycles. The molecule has 0 aromatic carbocycles. The number of rotatable bonds is 11. The second-order valence-electron chi connectivity index (χ2n) is 4.82. The van der Waals surface area contributed by atoms with Crippen LogP contribution in [0.4, 0.5) is 0 Å². The van der Waals surface area contributed by atoms with E-state index in [-0.39, 0.29) is 6.10 Å². The van der Waals surface area contributed by atoms with Crippen molar-refractivity contribution in [1.29, 1.82) is 0 Å². The standard InChI is InChI=1S/C14H30NO/c1-3-4-5-6-7-8-9-10-11-13(2)14(16)12-15/h14,16H,3-12,15H2,1-2H3. The predicted octanol–water partition coefficient (Wildman–Crippen LogP) is 3.43. The highest BCUT2D eigenvalue weighted by atomic mass is 16.3. The smallest absolute Gasteiger partial charge is 0.0722 e. The average Bonchev–Trinajstić information content (AvgIpc) is 2.31. The molecular formula is C14H30NO. The maximum atomic E-state index is 9.46. The minimum absolute atomic E-state index is 0.364. The Morgan fingerprint density at radius 1 is 1.00 bits per heavy atom. The van der Waals surface area contributed by atoms with Crippen LogP contribution in [0, 0.1) is 5.92 Å². The van der Waals surface area contributed by atoms with E-state index in [0.29, 0.717) is 6.54 Å². The van der Waals surface area contributed by atoms with Crippen LogP contribution in [-0.2, 0) is 0 Å². The van der Waals surface area contributed by atoms with Crippen molar-refractivity contribution in [1.82, 2.24) is 0 Å². The molecule has 0 aliphatic rings. The minimum Gasteiger partial charge on any atom is -0.391 e. The van der Waals surface area contributed by atoms with E-state index in [9.17, 15) is 5.11 Å². The van der Waals surface area contributed by atoms with Gasteiger partial charge in [-0.1, -0.05) is 65.2 Å². The molecule has 0 aliphatic carbocycles. The Kier molecular flexibility index (Phi) is 11.3. The number of nitrogens with two attached hydrogens (primary N) is 1. The van der Waals surface area contributed by atoms with Gasteiger partial charge in [0, 0.05) is 12.5 Å². The van der Waals surface area contributed by atoms with Gasteiger partial charge in [-0.05, 0) is 6.42 Å². The summed E-state index contributed by atoms with van der Waals surface area (Å²) in [6, 6.07) is 0. The van der Waals surface area contributed by atoms with Crippen molar-refractivity contribution in [2.24, 2.45) is 5.73 Å². The molecule has 0 spiro atoms. The van der Waals surface area contributed by atoms with E-state index in [4.69, 9.17) is 5.73 Å². The highest BCUT2D eigenvalue weighted by Crippen LogP contribution is 2.16. The Bertz CT molecular complexity index is 139. The molecule has 0 fully saturated rings. The van der Waals surface area contributed by atoms with E-state index in [1.807, 2.05) is 6.92 Å². The molecule has 0 aliphatic heterocycles. The fourth-order valence-corrected chi connectivity index (χ4v) is 1.91. The molecule has 0 aromatic rings. The van der Waals surface area contributed by atoms with Crippen LogP contribution in [0.2, 0.25) is 0 Å². The van der Waals surface area contributed by atoms with Crippen LogP contribution in [0.1, 0.15) is 71.6 Å². The first-order valence-corrected chi connectivity index (χ1v) is 6.92. The van der Waals surface area contributed by atoms with Gasteiger partial charge >= 0.3 is 0 Å². The monoisotopic (exact) mass is 228 g/mol. The van der Waals surface area contributed by atoms with E-state index in [1.165, 1.54) is 51.4 Å². The predicted molar refractivity (Wildman–Crippen MR) is 71.2 cm³/mol. The third-order valence-corrected chi connectivity index (χ3v) is 3.22. The van der Waals surface area contributed by atoms with Gasteiger partial charge in [-0.3, -0.25) is 0 Å². The van der Waals surface area contributed by atoms with Crippen molar-refractivity contribution >= 4 is 0 Å². The van der Waals surface area contributed by atoms with E-state index in [2.05, 4.69) is 6.92 Å². The molecule has 0 aromatic heterocycles. The first-order valence-electron chi connectivity index (χ1n) is 6.92. The summed E-state index contributed by atoms with van der Waals surface area (Å²) < 4.78 is 0. The van der Waals surface area contributed by atoms with Crippen LogP contribution in [0.5, 0.6) is 0 Å². The Labute approximate surface area is 102 Å². The highest BCUT2D eigenvalue weighted by molar-refractivity contribution is 4.92. The zero-order valence-corrected chi connectivity index (χ0v) is 11.2. The third kappa shape index (κ3) is 9.17. The maximum Gasteiger partial charge on any atom is 0.0722 e. The largest absolute Gasteiger partial charge is 0.391 e. The molecule has 0 saturated carbocycles. The number of aliphatic hydroxyl groups is 1. The second-order valence-corrected chi connectivity index (χ2v) is 4.82. The fourth-order valence-electron chi connectivity index (χ4n) is 1.91. The van der Waals surface area contributed by atoms with Gasteiger partial charge < -0.3 is 10.8 Å². The topological polar surface area (TPSA) is 46.2 Å². The zero-order chi connectivity index (χ0) is 12.2. The van der Waals surface area contributed by atoms with E-state index < -0.39 is 0 Å². The SMILES string of the molecule is CCCCCCCCCC[C](C)C(O)CN. The summed E-state index contributed by atoms with van der Waals surface area (Å²) in [5, 5.41) is 9.46. The van der Waals surface area contributed by atoms with E-state index in [0.717, 1.165) is 12.3 Å². The number of hydrogen-bond acceptors (Lipinski definition) is 2. The number of unbranched alkanes of at least 4 members (excludes halogenated alkanes) is 7. The van der Waals surface area contributed by atoms with E-state index >= 15 is 0 Å². The minimum atomic E-state index is -0.385. The third-order valence-electron chi connectivity index (χ3n) is 3.22. The quantitative estimate of drug-likeness (QED) is 0.532. The summed E-state index contributed by atoms with van der Waals surface area (Å²) in [5.74, 6) is 1.15. The lowest BCUT2D eigenvalue weighted by Gasteiger charge is -2.15. The van der Waals surface area contributed by atoms with Gasteiger partial charge in [0.05, 0.1) is 6.10 Å². The van der Waals surface area contributed by atoms with Crippen molar-refractivity contribution in [2.45, 2.75) is 77.7 Å². The molecule has 3 N–H and O–H groups in total. The summed E-state index contributed by atoms with van der Waals surface area (Å²) in [6.07, 6.45) is 11.4. The van der Waals surface area contributed by atoms with Gasteiger partial charge in [0.25, 0.3) is 0 Å².